The van der Waals surface area contributed by atoms with Gasteiger partial charge in [0.2, 0.25) is 0 Å². The Morgan fingerprint density at radius 2 is 1.95 bits per heavy atom. The van der Waals surface area contributed by atoms with E-state index in [9.17, 15) is 4.79 Å². The number of carbonyl (C=O) groups is 1. The molecule has 2 rings (SSSR count). The second-order valence-electron chi connectivity index (χ2n) is 5.02. The van der Waals surface area contributed by atoms with E-state index < -0.39 is 0 Å². The second kappa shape index (κ2) is 7.66. The zero-order valence-corrected chi connectivity index (χ0v) is 14.3. The van der Waals surface area contributed by atoms with E-state index in [2.05, 4.69) is 52.9 Å². The Bertz CT molecular complexity index is 615. The van der Waals surface area contributed by atoms with Crippen molar-refractivity contribution in [3.05, 3.63) is 64.1 Å². The Labute approximate surface area is 139 Å². The lowest BCUT2D eigenvalue weighted by Gasteiger charge is -2.13. The lowest BCUT2D eigenvalue weighted by atomic mass is 9.98. The van der Waals surface area contributed by atoms with Crippen molar-refractivity contribution in [3.8, 4) is 0 Å². The summed E-state index contributed by atoms with van der Waals surface area (Å²) >= 11 is 7.70. The first-order chi connectivity index (χ1) is 10.1. The first-order valence-corrected chi connectivity index (χ1v) is 8.13. The van der Waals surface area contributed by atoms with Crippen molar-refractivity contribution in [1.29, 1.82) is 0 Å². The van der Waals surface area contributed by atoms with Crippen molar-refractivity contribution in [2.75, 3.05) is 6.54 Å². The van der Waals surface area contributed by atoms with Crippen LogP contribution in [0.2, 0.25) is 0 Å². The summed E-state index contributed by atoms with van der Waals surface area (Å²) in [6.45, 7) is 2.82. The monoisotopic (exact) mass is 363 g/mol. The van der Waals surface area contributed by atoms with Crippen molar-refractivity contribution in [3.63, 3.8) is 0 Å². The van der Waals surface area contributed by atoms with Gasteiger partial charge in [0.05, 0.1) is 5.56 Å². The van der Waals surface area contributed by atoms with Crippen LogP contribution in [-0.2, 0) is 0 Å². The van der Waals surface area contributed by atoms with Crippen molar-refractivity contribution < 1.29 is 4.79 Å². The van der Waals surface area contributed by atoms with E-state index in [1.54, 1.807) is 6.07 Å². The molecule has 0 fully saturated rings. The maximum absolute atomic E-state index is 12.1. The van der Waals surface area contributed by atoms with Crippen LogP contribution in [0.25, 0.3) is 0 Å². The molecule has 0 aromatic heterocycles. The summed E-state index contributed by atoms with van der Waals surface area (Å²) in [5, 5.41) is 2.96. The molecule has 1 N–H and O–H groups in total. The van der Waals surface area contributed by atoms with Gasteiger partial charge >= 0.3 is 0 Å². The van der Waals surface area contributed by atoms with Gasteiger partial charge in [0, 0.05) is 15.9 Å². The first kappa shape index (κ1) is 16.1. The minimum Gasteiger partial charge on any atom is -0.352 e. The molecule has 0 aliphatic rings. The lowest BCUT2D eigenvalue weighted by Crippen LogP contribution is -2.25. The Morgan fingerprint density at radius 3 is 2.62 bits per heavy atom. The van der Waals surface area contributed by atoms with Crippen LogP contribution in [0, 0.1) is 0 Å². The Hall–Kier alpha value is -1.26. The smallest absolute Gasteiger partial charge is 0.252 e. The molecule has 4 heteroatoms. The van der Waals surface area contributed by atoms with Gasteiger partial charge in [-0.25, -0.2) is 0 Å². The molecular formula is C17H18BrNOS. The summed E-state index contributed by atoms with van der Waals surface area (Å²) in [5.41, 5.74) is 1.90. The molecule has 0 bridgehead atoms. The van der Waals surface area contributed by atoms with Crippen LogP contribution in [0.3, 0.4) is 0 Å². The summed E-state index contributed by atoms with van der Waals surface area (Å²) in [5.74, 6) is 0.347. The van der Waals surface area contributed by atoms with Crippen LogP contribution >= 0.6 is 28.6 Å². The third kappa shape index (κ3) is 4.61. The zero-order valence-electron chi connectivity index (χ0n) is 11.8. The van der Waals surface area contributed by atoms with Crippen LogP contribution in [0.4, 0.5) is 0 Å². The molecule has 2 nitrogen and oxygen atoms in total. The number of thiol groups is 1. The minimum atomic E-state index is -0.0761. The third-order valence-electron chi connectivity index (χ3n) is 3.44. The number of carbonyl (C=O) groups excluding carboxylic acids is 1. The molecule has 0 radical (unpaired) electrons. The zero-order chi connectivity index (χ0) is 15.2. The number of amides is 1. The Kier molecular flexibility index (Phi) is 5.88. The van der Waals surface area contributed by atoms with Gasteiger partial charge in [-0.3, -0.25) is 4.79 Å². The maximum atomic E-state index is 12.1. The van der Waals surface area contributed by atoms with E-state index in [1.165, 1.54) is 5.56 Å². The highest BCUT2D eigenvalue weighted by Crippen LogP contribution is 2.20. The Balaban J connectivity index is 1.87. The molecule has 2 aromatic carbocycles. The van der Waals surface area contributed by atoms with Crippen LogP contribution in [0.5, 0.6) is 0 Å². The molecule has 1 amide bonds. The molecule has 0 saturated carbocycles. The standard InChI is InChI=1S/C17H18BrNOS/c1-12(13-5-3-2-4-6-13)9-10-19-17(20)15-8-7-14(18)11-16(15)21/h2-8,11-12,21H,9-10H2,1H3,(H,19,20). The fourth-order valence-corrected chi connectivity index (χ4v) is 3.00. The number of hydrogen-bond acceptors (Lipinski definition) is 2. The summed E-state index contributed by atoms with van der Waals surface area (Å²) in [6.07, 6.45) is 0.911. The van der Waals surface area contributed by atoms with Crippen LogP contribution in [0.1, 0.15) is 35.2 Å². The van der Waals surface area contributed by atoms with Crippen LogP contribution in [0.15, 0.2) is 57.9 Å². The molecule has 1 atom stereocenters. The van der Waals surface area contributed by atoms with Crippen molar-refractivity contribution >= 4 is 34.5 Å². The third-order valence-corrected chi connectivity index (χ3v) is 4.30. The van der Waals surface area contributed by atoms with Crippen molar-refractivity contribution in [2.45, 2.75) is 24.2 Å². The van der Waals surface area contributed by atoms with Crippen molar-refractivity contribution in [2.24, 2.45) is 0 Å². The van der Waals surface area contributed by atoms with Crippen LogP contribution in [-0.4, -0.2) is 12.5 Å². The molecule has 0 spiro atoms. The summed E-state index contributed by atoms with van der Waals surface area (Å²) < 4.78 is 0.918. The number of nitrogens with one attached hydrogen (secondary N) is 1. The highest BCUT2D eigenvalue weighted by molar-refractivity contribution is 9.10. The van der Waals surface area contributed by atoms with E-state index in [1.807, 2.05) is 30.3 Å². The first-order valence-electron chi connectivity index (χ1n) is 6.89. The fraction of sp³-hybridized carbons (Fsp3) is 0.235. The van der Waals surface area contributed by atoms with E-state index >= 15 is 0 Å². The lowest BCUT2D eigenvalue weighted by molar-refractivity contribution is 0.0950. The van der Waals surface area contributed by atoms with Gasteiger partial charge in [0.15, 0.2) is 0 Å². The quantitative estimate of drug-likeness (QED) is 0.743. The highest BCUT2D eigenvalue weighted by atomic mass is 79.9. The SMILES string of the molecule is CC(CCNC(=O)c1ccc(Br)cc1S)c1ccccc1. The molecule has 0 aliphatic carbocycles. The second-order valence-corrected chi connectivity index (χ2v) is 6.42. The number of benzene rings is 2. The molecule has 2 aromatic rings. The summed E-state index contributed by atoms with van der Waals surface area (Å²) in [6, 6.07) is 15.8. The largest absolute Gasteiger partial charge is 0.352 e. The fourth-order valence-electron chi connectivity index (χ4n) is 2.14. The predicted molar refractivity (Wildman–Crippen MR) is 93.2 cm³/mol. The maximum Gasteiger partial charge on any atom is 0.252 e. The topological polar surface area (TPSA) is 29.1 Å². The minimum absolute atomic E-state index is 0.0761. The predicted octanol–water partition coefficient (Wildman–Crippen LogP) is 4.66. The normalized spacial score (nSPS) is 12.0. The molecule has 110 valence electrons. The van der Waals surface area contributed by atoms with Gasteiger partial charge in [0.25, 0.3) is 5.91 Å². The van der Waals surface area contributed by atoms with Gasteiger partial charge in [-0.05, 0) is 36.1 Å². The van der Waals surface area contributed by atoms with E-state index in [4.69, 9.17) is 0 Å². The van der Waals surface area contributed by atoms with Gasteiger partial charge in [-0.1, -0.05) is 53.2 Å². The molecule has 0 saturated heterocycles. The van der Waals surface area contributed by atoms with Crippen molar-refractivity contribution in [1.82, 2.24) is 5.32 Å². The van der Waals surface area contributed by atoms with Crippen LogP contribution < -0.4 is 5.32 Å². The van der Waals surface area contributed by atoms with Gasteiger partial charge in [-0.15, -0.1) is 12.6 Å². The van der Waals surface area contributed by atoms with E-state index in [-0.39, 0.29) is 5.91 Å². The number of halogens is 1. The number of rotatable bonds is 5. The average molecular weight is 364 g/mol. The molecule has 0 heterocycles. The molecule has 21 heavy (non-hydrogen) atoms. The molecule has 1 unspecified atom stereocenters. The van der Waals surface area contributed by atoms with E-state index in [0.717, 1.165) is 10.9 Å². The Morgan fingerprint density at radius 1 is 1.24 bits per heavy atom. The van der Waals surface area contributed by atoms with E-state index in [0.29, 0.717) is 22.9 Å². The molecule has 0 aliphatic heterocycles. The summed E-state index contributed by atoms with van der Waals surface area (Å²) in [4.78, 5) is 12.8. The average Bonchev–Trinajstić information content (AvgIpc) is 2.47. The van der Waals surface area contributed by atoms with Gasteiger partial charge < -0.3 is 5.32 Å². The van der Waals surface area contributed by atoms with Gasteiger partial charge in [0.1, 0.15) is 0 Å². The van der Waals surface area contributed by atoms with Gasteiger partial charge in [-0.2, -0.15) is 0 Å². The number of hydrogen-bond donors (Lipinski definition) is 2. The molecular weight excluding hydrogens is 346 g/mol. The summed E-state index contributed by atoms with van der Waals surface area (Å²) in [7, 11) is 0. The highest BCUT2D eigenvalue weighted by Gasteiger charge is 2.10.